The van der Waals surface area contributed by atoms with Crippen LogP contribution in [-0.4, -0.2) is 52.0 Å². The zero-order valence-electron chi connectivity index (χ0n) is 13.7. The second-order valence-electron chi connectivity index (χ2n) is 6.18. The quantitative estimate of drug-likeness (QED) is 0.745. The molecule has 1 atom stereocenters. The molecule has 1 unspecified atom stereocenters. The molecule has 6 nitrogen and oxygen atoms in total. The van der Waals surface area contributed by atoms with Crippen LogP contribution in [0, 0.1) is 0 Å². The molecule has 0 amide bonds. The largest absolute Gasteiger partial charge is 0.393 e. The Balaban J connectivity index is 1.53. The maximum atomic E-state index is 10.2. The summed E-state index contributed by atoms with van der Waals surface area (Å²) >= 11 is 0. The molecule has 3 rings (SSSR count). The molecule has 0 spiro atoms. The molecule has 128 valence electrons. The molecule has 1 saturated heterocycles. The van der Waals surface area contributed by atoms with Crippen LogP contribution >= 0.6 is 0 Å². The van der Waals surface area contributed by atoms with Crippen LogP contribution in [-0.2, 0) is 6.42 Å². The van der Waals surface area contributed by atoms with Crippen molar-refractivity contribution in [2.24, 2.45) is 0 Å². The molecule has 1 fully saturated rings. The fourth-order valence-electron chi connectivity index (χ4n) is 2.87. The number of aromatic nitrogens is 2. The summed E-state index contributed by atoms with van der Waals surface area (Å²) < 4.78 is 0. The number of benzene rings is 1. The van der Waals surface area contributed by atoms with Crippen LogP contribution in [0.15, 0.2) is 42.6 Å². The molecule has 2 heterocycles. The Hall–Kier alpha value is -2.18. The number of aliphatic hydroxyl groups excluding tert-OH is 2. The highest BCUT2D eigenvalue weighted by atomic mass is 16.3. The predicted octanol–water partition coefficient (Wildman–Crippen LogP) is 1.45. The number of rotatable bonds is 6. The number of anilines is 2. The Morgan fingerprint density at radius 3 is 2.67 bits per heavy atom. The average Bonchev–Trinajstić information content (AvgIpc) is 2.62. The predicted molar refractivity (Wildman–Crippen MR) is 94.1 cm³/mol. The van der Waals surface area contributed by atoms with Crippen LogP contribution in [0.4, 0.5) is 11.8 Å². The maximum absolute atomic E-state index is 10.2. The number of hydrogen-bond donors (Lipinski definition) is 3. The highest BCUT2D eigenvalue weighted by Crippen LogP contribution is 2.18. The van der Waals surface area contributed by atoms with E-state index in [9.17, 15) is 10.2 Å². The Morgan fingerprint density at radius 2 is 1.92 bits per heavy atom. The van der Waals surface area contributed by atoms with E-state index in [1.165, 1.54) is 0 Å². The minimum atomic E-state index is -0.496. The molecule has 0 saturated carbocycles. The highest BCUT2D eigenvalue weighted by Gasteiger charge is 2.18. The molecule has 2 aromatic rings. The van der Waals surface area contributed by atoms with E-state index in [1.807, 2.05) is 36.4 Å². The van der Waals surface area contributed by atoms with Gasteiger partial charge in [0.15, 0.2) is 0 Å². The van der Waals surface area contributed by atoms with Gasteiger partial charge >= 0.3 is 0 Å². The van der Waals surface area contributed by atoms with Gasteiger partial charge in [0.25, 0.3) is 0 Å². The zero-order valence-corrected chi connectivity index (χ0v) is 13.7. The van der Waals surface area contributed by atoms with Crippen LogP contribution in [0.2, 0.25) is 0 Å². The summed E-state index contributed by atoms with van der Waals surface area (Å²) in [5, 5.41) is 22.9. The van der Waals surface area contributed by atoms with Gasteiger partial charge in [-0.15, -0.1) is 0 Å². The van der Waals surface area contributed by atoms with Crippen molar-refractivity contribution in [3.05, 3.63) is 48.2 Å². The summed E-state index contributed by atoms with van der Waals surface area (Å²) in [7, 11) is 0. The van der Waals surface area contributed by atoms with Crippen molar-refractivity contribution in [2.45, 2.75) is 31.5 Å². The van der Waals surface area contributed by atoms with Crippen molar-refractivity contribution in [1.82, 2.24) is 9.97 Å². The van der Waals surface area contributed by atoms with E-state index in [0.29, 0.717) is 18.9 Å². The second kappa shape index (κ2) is 8.08. The molecular weight excluding hydrogens is 304 g/mol. The molecule has 0 aliphatic carbocycles. The normalized spacial score (nSPS) is 16.8. The number of aliphatic hydroxyl groups is 2. The molecule has 1 aromatic carbocycles. The Labute approximate surface area is 142 Å². The van der Waals surface area contributed by atoms with Crippen molar-refractivity contribution in [3.63, 3.8) is 0 Å². The van der Waals surface area contributed by atoms with Crippen LogP contribution in [0.5, 0.6) is 0 Å². The monoisotopic (exact) mass is 328 g/mol. The Kier molecular flexibility index (Phi) is 5.61. The Bertz CT molecular complexity index is 630. The smallest absolute Gasteiger partial charge is 0.224 e. The minimum absolute atomic E-state index is 0.200. The highest BCUT2D eigenvalue weighted by molar-refractivity contribution is 5.43. The lowest BCUT2D eigenvalue weighted by Gasteiger charge is -2.30. The number of nitrogens with zero attached hydrogens (tertiary/aromatic N) is 3. The molecule has 6 heteroatoms. The molecule has 3 N–H and O–H groups in total. The van der Waals surface area contributed by atoms with E-state index in [2.05, 4.69) is 20.2 Å². The lowest BCUT2D eigenvalue weighted by molar-refractivity contribution is 0.145. The maximum Gasteiger partial charge on any atom is 0.224 e. The van der Waals surface area contributed by atoms with Crippen molar-refractivity contribution in [1.29, 1.82) is 0 Å². The lowest BCUT2D eigenvalue weighted by Crippen LogP contribution is -2.36. The first kappa shape index (κ1) is 16.7. The van der Waals surface area contributed by atoms with Gasteiger partial charge in [-0.05, 0) is 24.5 Å². The van der Waals surface area contributed by atoms with Gasteiger partial charge in [-0.3, -0.25) is 0 Å². The van der Waals surface area contributed by atoms with E-state index in [0.717, 1.165) is 37.3 Å². The van der Waals surface area contributed by atoms with E-state index in [1.54, 1.807) is 6.20 Å². The van der Waals surface area contributed by atoms with Crippen molar-refractivity contribution in [3.8, 4) is 0 Å². The van der Waals surface area contributed by atoms with E-state index in [-0.39, 0.29) is 6.10 Å². The van der Waals surface area contributed by atoms with Crippen molar-refractivity contribution >= 4 is 11.8 Å². The topological polar surface area (TPSA) is 81.5 Å². The SMILES string of the molecule is OC1CCN(c2ccnc(NCC(O)Cc3ccccc3)n2)CC1. The minimum Gasteiger partial charge on any atom is -0.393 e. The first-order chi connectivity index (χ1) is 11.7. The summed E-state index contributed by atoms with van der Waals surface area (Å²) in [5.74, 6) is 1.38. The van der Waals surface area contributed by atoms with Gasteiger partial charge in [0.05, 0.1) is 12.2 Å². The van der Waals surface area contributed by atoms with Gasteiger partial charge in [-0.25, -0.2) is 4.98 Å². The van der Waals surface area contributed by atoms with E-state index < -0.39 is 6.10 Å². The average molecular weight is 328 g/mol. The zero-order chi connectivity index (χ0) is 16.8. The molecular formula is C18H24N4O2. The van der Waals surface area contributed by atoms with Crippen LogP contribution in [0.1, 0.15) is 18.4 Å². The van der Waals surface area contributed by atoms with Gasteiger partial charge < -0.3 is 20.4 Å². The summed E-state index contributed by atoms with van der Waals surface area (Å²) in [6, 6.07) is 11.8. The fraction of sp³-hybridized carbons (Fsp3) is 0.444. The summed E-state index contributed by atoms with van der Waals surface area (Å²) in [6.45, 7) is 2.00. The third-order valence-corrected chi connectivity index (χ3v) is 4.24. The van der Waals surface area contributed by atoms with Crippen LogP contribution in [0.3, 0.4) is 0 Å². The summed E-state index contributed by atoms with van der Waals surface area (Å²) in [6.07, 6.45) is 3.15. The van der Waals surface area contributed by atoms with Crippen molar-refractivity contribution in [2.75, 3.05) is 29.9 Å². The van der Waals surface area contributed by atoms with Crippen molar-refractivity contribution < 1.29 is 10.2 Å². The molecule has 0 radical (unpaired) electrons. The molecule has 24 heavy (non-hydrogen) atoms. The number of piperidine rings is 1. The van der Waals surface area contributed by atoms with Gasteiger partial charge in [0, 0.05) is 32.3 Å². The summed E-state index contributed by atoms with van der Waals surface area (Å²) in [5.41, 5.74) is 1.10. The van der Waals surface area contributed by atoms with E-state index >= 15 is 0 Å². The number of nitrogens with one attached hydrogen (secondary N) is 1. The standard InChI is InChI=1S/C18H24N4O2/c23-15-7-10-22(11-8-15)17-6-9-19-18(21-17)20-13-16(24)12-14-4-2-1-3-5-14/h1-6,9,15-16,23-24H,7-8,10-13H2,(H,19,20,21). The van der Waals surface area contributed by atoms with E-state index in [4.69, 9.17) is 0 Å². The van der Waals surface area contributed by atoms with Gasteiger partial charge in [-0.1, -0.05) is 30.3 Å². The summed E-state index contributed by atoms with van der Waals surface area (Å²) in [4.78, 5) is 10.9. The molecule has 1 aliphatic rings. The van der Waals surface area contributed by atoms with Gasteiger partial charge in [-0.2, -0.15) is 4.98 Å². The van der Waals surface area contributed by atoms with Crippen LogP contribution in [0.25, 0.3) is 0 Å². The molecule has 1 aliphatic heterocycles. The van der Waals surface area contributed by atoms with Gasteiger partial charge in [0.1, 0.15) is 5.82 Å². The second-order valence-corrected chi connectivity index (χ2v) is 6.18. The van der Waals surface area contributed by atoms with Crippen LogP contribution < -0.4 is 10.2 Å². The lowest BCUT2D eigenvalue weighted by atomic mass is 10.1. The first-order valence-corrected chi connectivity index (χ1v) is 8.42. The fourth-order valence-corrected chi connectivity index (χ4v) is 2.87. The third-order valence-electron chi connectivity index (χ3n) is 4.24. The molecule has 0 bridgehead atoms. The Morgan fingerprint density at radius 1 is 1.17 bits per heavy atom. The number of hydrogen-bond acceptors (Lipinski definition) is 6. The molecule has 1 aromatic heterocycles. The first-order valence-electron chi connectivity index (χ1n) is 8.42. The third kappa shape index (κ3) is 4.66. The van der Waals surface area contributed by atoms with Gasteiger partial charge in [0.2, 0.25) is 5.95 Å².